The minimum Gasteiger partial charge on any atom is -0.497 e. The Hall–Kier alpha value is -5.29. The molecule has 0 radical (unpaired) electrons. The number of carbonyl (C=O) groups excluding carboxylic acids is 1. The molecule has 1 amide bonds. The molecule has 10 heteroatoms. The molecule has 0 bridgehead atoms. The van der Waals surface area contributed by atoms with Crippen LogP contribution in [-0.4, -0.2) is 51.1 Å². The number of aliphatic carboxylic acids is 1. The zero-order valence-corrected chi connectivity index (χ0v) is 29.6. The van der Waals surface area contributed by atoms with Gasteiger partial charge in [0.25, 0.3) is 5.91 Å². The third-order valence-corrected chi connectivity index (χ3v) is 8.81. The van der Waals surface area contributed by atoms with E-state index in [2.05, 4.69) is 5.32 Å². The zero-order chi connectivity index (χ0) is 37.2. The molecule has 4 N–H and O–H groups in total. The first kappa shape index (κ1) is 38.0. The molecule has 5 rings (SSSR count). The van der Waals surface area contributed by atoms with Crippen molar-refractivity contribution in [3.63, 3.8) is 0 Å². The molecule has 1 aromatic heterocycles. The molecule has 0 aliphatic heterocycles. The Morgan fingerprint density at radius 2 is 1.42 bits per heavy atom. The van der Waals surface area contributed by atoms with Crippen LogP contribution in [0.25, 0.3) is 22.4 Å². The number of aromatic nitrogens is 1. The number of rotatable bonds is 17. The van der Waals surface area contributed by atoms with E-state index in [9.17, 15) is 24.2 Å². The number of aliphatic hydroxyl groups is 2. The molecule has 272 valence electrons. The van der Waals surface area contributed by atoms with E-state index in [0.29, 0.717) is 41.3 Å². The second kappa shape index (κ2) is 17.8. The molecular formula is C42H45FN2O7. The Kier molecular flexibility index (Phi) is 13.0. The molecule has 4 aromatic carbocycles. The molecule has 52 heavy (non-hydrogen) atoms. The molecule has 5 aromatic rings. The molecular weight excluding hydrogens is 663 g/mol. The Labute approximate surface area is 303 Å². The van der Waals surface area contributed by atoms with Gasteiger partial charge in [0.1, 0.15) is 11.6 Å². The lowest BCUT2D eigenvalue weighted by molar-refractivity contribution is -0.139. The summed E-state index contributed by atoms with van der Waals surface area (Å²) >= 11 is 0. The van der Waals surface area contributed by atoms with E-state index in [1.54, 1.807) is 19.2 Å². The highest BCUT2D eigenvalue weighted by Crippen LogP contribution is 2.42. The molecule has 1 heterocycles. The summed E-state index contributed by atoms with van der Waals surface area (Å²) in [6.45, 7) is 5.05. The third-order valence-electron chi connectivity index (χ3n) is 8.81. The summed E-state index contributed by atoms with van der Waals surface area (Å²) in [5, 5.41) is 33.2. The van der Waals surface area contributed by atoms with E-state index in [-0.39, 0.29) is 31.2 Å². The molecule has 2 atom stereocenters. The van der Waals surface area contributed by atoms with E-state index in [1.807, 2.05) is 97.3 Å². The number of amides is 1. The van der Waals surface area contributed by atoms with Gasteiger partial charge in [-0.3, -0.25) is 9.59 Å². The number of hydrogen-bond donors (Lipinski definition) is 4. The lowest BCUT2D eigenvalue weighted by Crippen LogP contribution is -2.22. The predicted octanol–water partition coefficient (Wildman–Crippen LogP) is 8.04. The van der Waals surface area contributed by atoms with Gasteiger partial charge in [-0.15, -0.1) is 0 Å². The number of nitrogens with one attached hydrogen (secondary N) is 1. The van der Waals surface area contributed by atoms with Crippen molar-refractivity contribution in [2.75, 3.05) is 12.4 Å². The van der Waals surface area contributed by atoms with Gasteiger partial charge in [0.15, 0.2) is 0 Å². The minimum absolute atomic E-state index is 0.113. The smallest absolute Gasteiger partial charge is 0.305 e. The van der Waals surface area contributed by atoms with E-state index in [0.717, 1.165) is 28.1 Å². The molecule has 0 aliphatic carbocycles. The fourth-order valence-electron chi connectivity index (χ4n) is 6.37. The molecule has 0 saturated heterocycles. The van der Waals surface area contributed by atoms with E-state index >= 15 is 0 Å². The highest BCUT2D eigenvalue weighted by Gasteiger charge is 2.31. The molecule has 0 fully saturated rings. The second-order valence-corrected chi connectivity index (χ2v) is 13.1. The van der Waals surface area contributed by atoms with Crippen LogP contribution in [0.15, 0.2) is 103 Å². The molecule has 0 aliphatic rings. The zero-order valence-electron chi connectivity index (χ0n) is 29.6. The third kappa shape index (κ3) is 9.73. The predicted molar refractivity (Wildman–Crippen MR) is 199 cm³/mol. The largest absolute Gasteiger partial charge is 0.497 e. The summed E-state index contributed by atoms with van der Waals surface area (Å²) in [7, 11) is 1.63. The maximum atomic E-state index is 14.5. The lowest BCUT2D eigenvalue weighted by atomic mass is 9.94. The van der Waals surface area contributed by atoms with Gasteiger partial charge in [-0.2, -0.15) is 0 Å². The number of aliphatic hydroxyl groups excluding tert-OH is 2. The highest BCUT2D eigenvalue weighted by atomic mass is 19.1. The van der Waals surface area contributed by atoms with Gasteiger partial charge in [-0.05, 0) is 89.5 Å². The fourth-order valence-corrected chi connectivity index (χ4v) is 6.37. The summed E-state index contributed by atoms with van der Waals surface area (Å²) in [4.78, 5) is 25.6. The fraction of sp³-hybridized carbons (Fsp3) is 0.286. The number of halogens is 1. The number of ether oxygens (including phenoxy) is 2. The first-order valence-electron chi connectivity index (χ1n) is 17.3. The van der Waals surface area contributed by atoms with Crippen LogP contribution in [-0.2, 0) is 29.3 Å². The molecule has 0 saturated carbocycles. The standard InChI is InChI=1S/C42H45FN2O7/c1-27(2)40-39(42(50)44-33-17-9-28(10-18-33)25-52-26-29-11-19-36(51-3)20-12-29)38(30-7-5-4-6-8-30)41(31-13-15-32(43)16-14-31)45(40)22-21-34(46)23-35(47)24-37(48)49/h4-20,27,34-35,46-47H,21-26H2,1-3H3,(H,44,50)(H,48,49)/t34-,35-/m1/s1. The van der Waals surface area contributed by atoms with Gasteiger partial charge in [0, 0.05) is 23.5 Å². The van der Waals surface area contributed by atoms with Crippen molar-refractivity contribution in [1.29, 1.82) is 0 Å². The number of carbonyl (C=O) groups is 2. The summed E-state index contributed by atoms with van der Waals surface area (Å²) in [5.41, 5.74) is 6.55. The van der Waals surface area contributed by atoms with Crippen molar-refractivity contribution in [2.45, 2.75) is 71.0 Å². The van der Waals surface area contributed by atoms with Crippen molar-refractivity contribution in [3.05, 3.63) is 131 Å². The van der Waals surface area contributed by atoms with Crippen LogP contribution < -0.4 is 10.1 Å². The average molecular weight is 709 g/mol. The van der Waals surface area contributed by atoms with Gasteiger partial charge < -0.3 is 34.7 Å². The lowest BCUT2D eigenvalue weighted by Gasteiger charge is -2.20. The number of nitrogens with zero attached hydrogens (tertiary/aromatic N) is 1. The van der Waals surface area contributed by atoms with Crippen molar-refractivity contribution in [1.82, 2.24) is 4.57 Å². The first-order chi connectivity index (χ1) is 25.0. The monoisotopic (exact) mass is 708 g/mol. The van der Waals surface area contributed by atoms with E-state index in [4.69, 9.17) is 14.6 Å². The number of methoxy groups -OCH3 is 1. The molecule has 9 nitrogen and oxygen atoms in total. The van der Waals surface area contributed by atoms with Gasteiger partial charge in [0.2, 0.25) is 0 Å². The topological polar surface area (TPSA) is 130 Å². The van der Waals surface area contributed by atoms with Crippen LogP contribution in [0, 0.1) is 5.82 Å². The van der Waals surface area contributed by atoms with Crippen LogP contribution in [0.4, 0.5) is 10.1 Å². The SMILES string of the molecule is COc1ccc(COCc2ccc(NC(=O)c3c(-c4ccccc4)c(-c4ccc(F)cc4)n(CC[C@@H](O)C[C@@H](O)CC(=O)O)c3C(C)C)cc2)cc1. The van der Waals surface area contributed by atoms with Gasteiger partial charge in [0.05, 0.1) is 50.2 Å². The number of carboxylic acids is 1. The van der Waals surface area contributed by atoms with Gasteiger partial charge in [-0.1, -0.05) is 68.4 Å². The summed E-state index contributed by atoms with van der Waals surface area (Å²) in [6, 6.07) is 30.8. The van der Waals surface area contributed by atoms with Crippen LogP contribution >= 0.6 is 0 Å². The van der Waals surface area contributed by atoms with Crippen molar-refractivity contribution in [3.8, 4) is 28.1 Å². The molecule has 0 unspecified atom stereocenters. The van der Waals surface area contributed by atoms with Gasteiger partial charge >= 0.3 is 5.97 Å². The maximum Gasteiger partial charge on any atom is 0.305 e. The first-order valence-corrected chi connectivity index (χ1v) is 17.3. The van der Waals surface area contributed by atoms with Crippen molar-refractivity contribution in [2.24, 2.45) is 0 Å². The quantitative estimate of drug-likeness (QED) is 0.0770. The Morgan fingerprint density at radius 3 is 2.00 bits per heavy atom. The van der Waals surface area contributed by atoms with Crippen LogP contribution in [0.1, 0.15) is 66.2 Å². The number of hydrogen-bond acceptors (Lipinski definition) is 6. The summed E-state index contributed by atoms with van der Waals surface area (Å²) < 4.78 is 27.3. The van der Waals surface area contributed by atoms with Crippen molar-refractivity contribution >= 4 is 17.6 Å². The van der Waals surface area contributed by atoms with Gasteiger partial charge in [-0.25, -0.2) is 4.39 Å². The van der Waals surface area contributed by atoms with Crippen LogP contribution in [0.3, 0.4) is 0 Å². The maximum absolute atomic E-state index is 14.5. The summed E-state index contributed by atoms with van der Waals surface area (Å²) in [5.74, 6) is -1.25. The van der Waals surface area contributed by atoms with Crippen molar-refractivity contribution < 1.29 is 38.8 Å². The number of carboxylic acid groups (broad SMARTS) is 1. The molecule has 0 spiro atoms. The number of anilines is 1. The Balaban J connectivity index is 1.47. The Bertz CT molecular complexity index is 1920. The van der Waals surface area contributed by atoms with Crippen LogP contribution in [0.2, 0.25) is 0 Å². The van der Waals surface area contributed by atoms with Crippen LogP contribution in [0.5, 0.6) is 5.75 Å². The normalized spacial score (nSPS) is 12.4. The summed E-state index contributed by atoms with van der Waals surface area (Å²) in [6.07, 6.45) is -2.62. The Morgan fingerprint density at radius 1 is 0.808 bits per heavy atom. The second-order valence-electron chi connectivity index (χ2n) is 13.1. The average Bonchev–Trinajstić information content (AvgIpc) is 3.48. The highest BCUT2D eigenvalue weighted by molar-refractivity contribution is 6.12. The van der Waals surface area contributed by atoms with E-state index in [1.165, 1.54) is 12.1 Å². The number of benzene rings is 4. The minimum atomic E-state index is -1.20. The van der Waals surface area contributed by atoms with E-state index < -0.39 is 30.4 Å².